The second kappa shape index (κ2) is 7.24. The zero-order valence-electron chi connectivity index (χ0n) is 16.3. The topological polar surface area (TPSA) is 66.5 Å². The maximum Gasteiger partial charge on any atom is 0.245 e. The number of methoxy groups -OCH3 is 1. The van der Waals surface area contributed by atoms with Crippen molar-refractivity contribution in [3.63, 3.8) is 0 Å². The van der Waals surface area contributed by atoms with E-state index in [2.05, 4.69) is 0 Å². The lowest BCUT2D eigenvalue weighted by Gasteiger charge is -2.24. The van der Waals surface area contributed by atoms with E-state index in [4.69, 9.17) is 23.7 Å². The van der Waals surface area contributed by atoms with Gasteiger partial charge >= 0.3 is 0 Å². The van der Waals surface area contributed by atoms with Crippen LogP contribution in [0, 0.1) is 0 Å². The van der Waals surface area contributed by atoms with E-state index >= 15 is 0 Å². The smallest absolute Gasteiger partial charge is 0.245 e. The average Bonchev–Trinajstić information content (AvgIpc) is 3.24. The van der Waals surface area contributed by atoms with Crippen molar-refractivity contribution < 1.29 is 28.5 Å². The van der Waals surface area contributed by atoms with Gasteiger partial charge in [-0.15, -0.1) is 0 Å². The second-order valence-corrected chi connectivity index (χ2v) is 7.27. The number of carbonyl (C=O) groups excluding carboxylic acids is 1. The van der Waals surface area contributed by atoms with Gasteiger partial charge in [-0.05, 0) is 17.7 Å². The summed E-state index contributed by atoms with van der Waals surface area (Å²) in [7, 11) is 1.64. The number of nitrogens with zero attached hydrogens (tertiary/aromatic N) is 1. The quantitative estimate of drug-likeness (QED) is 0.696. The fourth-order valence-electron chi connectivity index (χ4n) is 4.33. The van der Waals surface area contributed by atoms with Gasteiger partial charge in [0.15, 0.2) is 11.5 Å². The van der Waals surface area contributed by atoms with Crippen LogP contribution in [0.1, 0.15) is 11.1 Å². The summed E-state index contributed by atoms with van der Waals surface area (Å²) in [6.07, 6.45) is 0. The van der Waals surface area contributed by atoms with Crippen LogP contribution >= 0.6 is 0 Å². The molecule has 1 amide bonds. The van der Waals surface area contributed by atoms with Crippen molar-refractivity contribution in [2.24, 2.45) is 0 Å². The Hall–Kier alpha value is -2.77. The highest BCUT2D eigenvalue weighted by molar-refractivity contribution is 6.11. The highest BCUT2D eigenvalue weighted by Crippen LogP contribution is 2.54. The van der Waals surface area contributed by atoms with Crippen LogP contribution < -0.4 is 19.1 Å². The van der Waals surface area contributed by atoms with E-state index in [0.717, 1.165) is 16.8 Å². The molecule has 29 heavy (non-hydrogen) atoms. The molecular weight excluding hydrogens is 374 g/mol. The minimum Gasteiger partial charge on any atom is -0.491 e. The number of fused-ring (bicyclic) bond motifs is 5. The number of carbonyl (C=O) groups is 1. The van der Waals surface area contributed by atoms with E-state index < -0.39 is 5.41 Å². The number of hydrogen-bond acceptors (Lipinski definition) is 6. The number of rotatable bonds is 6. The molecule has 0 fully saturated rings. The molecule has 0 aliphatic carbocycles. The Morgan fingerprint density at radius 1 is 0.966 bits per heavy atom. The van der Waals surface area contributed by atoms with Gasteiger partial charge in [0.05, 0.1) is 19.8 Å². The molecule has 1 unspecified atom stereocenters. The normalized spacial score (nSPS) is 21.3. The van der Waals surface area contributed by atoms with Gasteiger partial charge in [-0.1, -0.05) is 18.2 Å². The van der Waals surface area contributed by atoms with Gasteiger partial charge in [-0.2, -0.15) is 0 Å². The third kappa shape index (κ3) is 2.76. The zero-order chi connectivity index (χ0) is 19.8. The Bertz CT molecular complexity index is 945. The summed E-state index contributed by atoms with van der Waals surface area (Å²) in [5.41, 5.74) is 1.83. The molecule has 7 nitrogen and oxygen atoms in total. The molecule has 0 radical (unpaired) electrons. The SMILES string of the molecule is COCCOCCN1C(=O)C2(COc3cc4c(cc32)OCCO4)c2ccccc21. The molecule has 0 saturated heterocycles. The Morgan fingerprint density at radius 2 is 1.76 bits per heavy atom. The fraction of sp³-hybridized carbons (Fsp3) is 0.409. The molecule has 7 heteroatoms. The molecule has 0 N–H and O–H groups in total. The fourth-order valence-corrected chi connectivity index (χ4v) is 4.33. The van der Waals surface area contributed by atoms with Crippen LogP contribution in [0.3, 0.4) is 0 Å². The van der Waals surface area contributed by atoms with Crippen molar-refractivity contribution in [3.05, 3.63) is 47.5 Å². The summed E-state index contributed by atoms with van der Waals surface area (Å²) in [5, 5.41) is 0. The highest BCUT2D eigenvalue weighted by Gasteiger charge is 2.57. The third-order valence-corrected chi connectivity index (χ3v) is 5.70. The van der Waals surface area contributed by atoms with Crippen molar-refractivity contribution in [2.45, 2.75) is 5.41 Å². The Labute approximate surface area is 169 Å². The molecule has 5 rings (SSSR count). The number of amides is 1. The molecule has 3 heterocycles. The van der Waals surface area contributed by atoms with E-state index in [0.29, 0.717) is 56.8 Å². The van der Waals surface area contributed by atoms with Gasteiger partial charge in [0.1, 0.15) is 31.0 Å². The lowest BCUT2D eigenvalue weighted by atomic mass is 9.77. The highest BCUT2D eigenvalue weighted by atomic mass is 16.6. The van der Waals surface area contributed by atoms with E-state index in [1.807, 2.05) is 36.4 Å². The van der Waals surface area contributed by atoms with E-state index in [9.17, 15) is 4.79 Å². The summed E-state index contributed by atoms with van der Waals surface area (Å²) < 4.78 is 28.1. The van der Waals surface area contributed by atoms with Crippen molar-refractivity contribution in [2.75, 3.05) is 58.2 Å². The standard InChI is InChI=1S/C22H23NO6/c1-25-8-9-26-7-6-23-17-5-3-2-4-15(17)22(21(23)24)14-29-18-13-20-19(12-16(18)22)27-10-11-28-20/h2-5,12-13H,6-11,14H2,1H3. The van der Waals surface area contributed by atoms with Crippen molar-refractivity contribution in [1.82, 2.24) is 0 Å². The van der Waals surface area contributed by atoms with Gasteiger partial charge in [-0.25, -0.2) is 0 Å². The number of para-hydroxylation sites is 1. The molecule has 1 atom stereocenters. The predicted molar refractivity (Wildman–Crippen MR) is 105 cm³/mol. The van der Waals surface area contributed by atoms with Crippen molar-refractivity contribution in [1.29, 1.82) is 0 Å². The minimum absolute atomic E-state index is 0.00414. The molecular formula is C22H23NO6. The van der Waals surface area contributed by atoms with Crippen LogP contribution in [-0.2, 0) is 19.7 Å². The maximum absolute atomic E-state index is 13.7. The van der Waals surface area contributed by atoms with E-state index in [1.54, 1.807) is 12.0 Å². The summed E-state index contributed by atoms with van der Waals surface area (Å²) in [4.78, 5) is 15.5. The molecule has 0 aromatic heterocycles. The monoisotopic (exact) mass is 397 g/mol. The Morgan fingerprint density at radius 3 is 2.59 bits per heavy atom. The number of ether oxygens (including phenoxy) is 5. The Kier molecular flexibility index (Phi) is 4.56. The van der Waals surface area contributed by atoms with Gasteiger partial charge in [0, 0.05) is 31.0 Å². The lowest BCUT2D eigenvalue weighted by Crippen LogP contribution is -2.43. The van der Waals surface area contributed by atoms with Crippen LogP contribution in [0.2, 0.25) is 0 Å². The molecule has 3 aliphatic heterocycles. The maximum atomic E-state index is 13.7. The van der Waals surface area contributed by atoms with Crippen molar-refractivity contribution >= 4 is 11.6 Å². The van der Waals surface area contributed by atoms with Crippen LogP contribution in [-0.4, -0.2) is 59.2 Å². The van der Waals surface area contributed by atoms with E-state index in [1.165, 1.54) is 0 Å². The minimum atomic E-state index is -0.867. The van der Waals surface area contributed by atoms with Gasteiger partial charge in [-0.3, -0.25) is 4.79 Å². The molecule has 1 spiro atoms. The number of benzene rings is 2. The van der Waals surface area contributed by atoms with Crippen LogP contribution in [0.25, 0.3) is 0 Å². The van der Waals surface area contributed by atoms with Crippen LogP contribution in [0.15, 0.2) is 36.4 Å². The molecule has 2 aromatic carbocycles. The summed E-state index contributed by atoms with van der Waals surface area (Å²) >= 11 is 0. The second-order valence-electron chi connectivity index (χ2n) is 7.27. The lowest BCUT2D eigenvalue weighted by molar-refractivity contribution is -0.122. The molecule has 0 bridgehead atoms. The first-order valence-electron chi connectivity index (χ1n) is 9.81. The first-order chi connectivity index (χ1) is 14.3. The van der Waals surface area contributed by atoms with Gasteiger partial charge < -0.3 is 28.6 Å². The molecule has 3 aliphatic rings. The first-order valence-corrected chi connectivity index (χ1v) is 9.81. The van der Waals surface area contributed by atoms with Gasteiger partial charge in [0.2, 0.25) is 5.91 Å². The van der Waals surface area contributed by atoms with Crippen LogP contribution in [0.5, 0.6) is 17.2 Å². The molecule has 152 valence electrons. The number of hydrogen-bond donors (Lipinski definition) is 0. The molecule has 0 saturated carbocycles. The Balaban J connectivity index is 1.51. The van der Waals surface area contributed by atoms with Crippen molar-refractivity contribution in [3.8, 4) is 17.2 Å². The summed E-state index contributed by atoms with van der Waals surface area (Å²) in [6.45, 7) is 3.21. The summed E-state index contributed by atoms with van der Waals surface area (Å²) in [5.74, 6) is 2.00. The third-order valence-electron chi connectivity index (χ3n) is 5.70. The summed E-state index contributed by atoms with van der Waals surface area (Å²) in [6, 6.07) is 11.6. The molecule has 2 aromatic rings. The largest absolute Gasteiger partial charge is 0.491 e. The van der Waals surface area contributed by atoms with Gasteiger partial charge in [0.25, 0.3) is 0 Å². The van der Waals surface area contributed by atoms with Crippen LogP contribution in [0.4, 0.5) is 5.69 Å². The average molecular weight is 397 g/mol. The first kappa shape index (κ1) is 18.3. The predicted octanol–water partition coefficient (Wildman–Crippen LogP) is 2.15. The zero-order valence-corrected chi connectivity index (χ0v) is 16.3. The van der Waals surface area contributed by atoms with E-state index in [-0.39, 0.29) is 12.5 Å². The number of anilines is 1.